The topological polar surface area (TPSA) is 35.5 Å². The molecule has 1 aliphatic heterocycles. The van der Waals surface area contributed by atoms with Gasteiger partial charge in [-0.2, -0.15) is 12.6 Å². The van der Waals surface area contributed by atoms with E-state index in [1.165, 1.54) is 0 Å². The zero-order valence-corrected chi connectivity index (χ0v) is 8.78. The summed E-state index contributed by atoms with van der Waals surface area (Å²) < 4.78 is 11.0. The van der Waals surface area contributed by atoms with Gasteiger partial charge in [-0.15, -0.1) is 0 Å². The lowest BCUT2D eigenvalue weighted by atomic mass is 9.51. The van der Waals surface area contributed by atoms with E-state index in [1.54, 1.807) is 0 Å². The van der Waals surface area contributed by atoms with Gasteiger partial charge in [0.25, 0.3) is 0 Å². The van der Waals surface area contributed by atoms with Crippen LogP contribution < -0.4 is 0 Å². The molecule has 0 aromatic rings. The minimum atomic E-state index is 0.0107. The maximum atomic E-state index is 11.3. The zero-order chi connectivity index (χ0) is 9.71. The molecule has 4 unspecified atom stereocenters. The zero-order valence-electron chi connectivity index (χ0n) is 7.89. The Bertz CT molecular complexity index is 268. The van der Waals surface area contributed by atoms with Crippen molar-refractivity contribution in [2.45, 2.75) is 25.0 Å². The van der Waals surface area contributed by atoms with Crippen molar-refractivity contribution >= 4 is 18.6 Å². The Morgan fingerprint density at radius 2 is 2.43 bits per heavy atom. The average Bonchev–Trinajstić information content (AvgIpc) is 2.27. The van der Waals surface area contributed by atoms with Gasteiger partial charge >= 0.3 is 5.97 Å². The molecule has 1 heterocycles. The Morgan fingerprint density at radius 1 is 1.57 bits per heavy atom. The van der Waals surface area contributed by atoms with E-state index in [9.17, 15) is 4.79 Å². The third-order valence-corrected chi connectivity index (χ3v) is 4.09. The fourth-order valence-electron chi connectivity index (χ4n) is 2.98. The Morgan fingerprint density at radius 3 is 3.21 bits per heavy atom. The molecule has 0 bridgehead atoms. The molecule has 2 aliphatic carbocycles. The molecule has 3 fully saturated rings. The second-order valence-electron chi connectivity index (χ2n) is 4.40. The van der Waals surface area contributed by atoms with Crippen molar-refractivity contribution < 1.29 is 14.3 Å². The molecule has 5 atom stereocenters. The van der Waals surface area contributed by atoms with E-state index < -0.39 is 0 Å². The highest BCUT2D eigenvalue weighted by atomic mass is 32.1. The minimum absolute atomic E-state index is 0.0107. The summed E-state index contributed by atoms with van der Waals surface area (Å²) in [6.45, 7) is 0.746. The number of thiol groups is 1. The first-order valence-corrected chi connectivity index (χ1v) is 5.89. The first-order valence-electron chi connectivity index (χ1n) is 5.26. The van der Waals surface area contributed by atoms with Crippen molar-refractivity contribution in [3.63, 3.8) is 0 Å². The summed E-state index contributed by atoms with van der Waals surface area (Å²) in [7, 11) is 0. The van der Waals surface area contributed by atoms with Crippen molar-refractivity contribution in [1.29, 1.82) is 0 Å². The summed E-state index contributed by atoms with van der Waals surface area (Å²) in [5.41, 5.74) is 0. The molecule has 0 spiro atoms. The fourth-order valence-corrected chi connectivity index (χ4v) is 3.10. The van der Waals surface area contributed by atoms with Gasteiger partial charge in [-0.3, -0.25) is 4.79 Å². The van der Waals surface area contributed by atoms with Crippen LogP contribution in [0.15, 0.2) is 0 Å². The standard InChI is InChI=1S/C10H14O3S/c11-10-6-4-5-7(6)9(13-10)8(5)12-2-1-3-14/h5-9,14H,1-4H2/t5?,6?,7?,8-,9?/m0/s1. The van der Waals surface area contributed by atoms with E-state index in [4.69, 9.17) is 9.47 Å². The summed E-state index contributed by atoms with van der Waals surface area (Å²) in [5.74, 6) is 2.19. The summed E-state index contributed by atoms with van der Waals surface area (Å²) in [5, 5.41) is 0. The molecular formula is C10H14O3S. The Hall–Kier alpha value is -0.220. The Kier molecular flexibility index (Phi) is 2.02. The number of rotatable bonds is 4. The predicted octanol–water partition coefficient (Wildman–Crippen LogP) is 0.883. The fraction of sp³-hybridized carbons (Fsp3) is 0.900. The largest absolute Gasteiger partial charge is 0.459 e. The third kappa shape index (κ3) is 1.01. The van der Waals surface area contributed by atoms with Crippen LogP contribution in [0, 0.1) is 17.8 Å². The van der Waals surface area contributed by atoms with Gasteiger partial charge in [0.2, 0.25) is 0 Å². The Labute approximate surface area is 88.5 Å². The van der Waals surface area contributed by atoms with Gasteiger partial charge in [-0.1, -0.05) is 0 Å². The lowest BCUT2D eigenvalue weighted by Gasteiger charge is -2.54. The van der Waals surface area contributed by atoms with E-state index in [2.05, 4.69) is 12.6 Å². The van der Waals surface area contributed by atoms with Crippen molar-refractivity contribution in [2.24, 2.45) is 17.8 Å². The smallest absolute Gasteiger partial charge is 0.309 e. The molecular weight excluding hydrogens is 200 g/mol. The number of carbonyl (C=O) groups excluding carboxylic acids is 1. The van der Waals surface area contributed by atoms with E-state index >= 15 is 0 Å². The van der Waals surface area contributed by atoms with Crippen LogP contribution in [0.5, 0.6) is 0 Å². The quantitative estimate of drug-likeness (QED) is 0.429. The normalized spacial score (nSPS) is 47.8. The van der Waals surface area contributed by atoms with Gasteiger partial charge in [0.05, 0.1) is 12.0 Å². The van der Waals surface area contributed by atoms with Crippen LogP contribution in [0.3, 0.4) is 0 Å². The number of carbonyl (C=O) groups is 1. The van der Waals surface area contributed by atoms with Gasteiger partial charge in [0.1, 0.15) is 6.10 Å². The van der Waals surface area contributed by atoms with Crippen LogP contribution in [-0.4, -0.2) is 30.5 Å². The molecule has 3 rings (SSSR count). The molecule has 4 heteroatoms. The first kappa shape index (κ1) is 9.04. The summed E-state index contributed by atoms with van der Waals surface area (Å²) in [6.07, 6.45) is 2.25. The summed E-state index contributed by atoms with van der Waals surface area (Å²) in [6, 6.07) is 0. The molecule has 78 valence electrons. The highest BCUT2D eigenvalue weighted by Crippen LogP contribution is 2.61. The lowest BCUT2D eigenvalue weighted by Crippen LogP contribution is -2.62. The van der Waals surface area contributed by atoms with Crippen LogP contribution in [0.4, 0.5) is 0 Å². The number of esters is 1. The Balaban J connectivity index is 1.56. The molecule has 0 N–H and O–H groups in total. The predicted molar refractivity (Wildman–Crippen MR) is 53.2 cm³/mol. The van der Waals surface area contributed by atoms with Gasteiger partial charge in [-0.05, 0) is 24.5 Å². The lowest BCUT2D eigenvalue weighted by molar-refractivity contribution is -0.201. The number of hydrogen-bond donors (Lipinski definition) is 1. The highest BCUT2D eigenvalue weighted by Gasteiger charge is 2.70. The molecule has 3 nitrogen and oxygen atoms in total. The van der Waals surface area contributed by atoms with Crippen LogP contribution in [-0.2, 0) is 14.3 Å². The maximum absolute atomic E-state index is 11.3. The van der Waals surface area contributed by atoms with Crippen molar-refractivity contribution in [3.8, 4) is 0 Å². The first-order chi connectivity index (χ1) is 6.83. The van der Waals surface area contributed by atoms with E-state index in [0.29, 0.717) is 11.8 Å². The maximum Gasteiger partial charge on any atom is 0.309 e. The molecule has 0 aromatic carbocycles. The minimum Gasteiger partial charge on any atom is -0.459 e. The second kappa shape index (κ2) is 3.14. The van der Waals surface area contributed by atoms with Crippen LogP contribution in [0.2, 0.25) is 0 Å². The molecule has 3 aliphatic rings. The molecule has 14 heavy (non-hydrogen) atoms. The number of ether oxygens (including phenoxy) is 2. The monoisotopic (exact) mass is 214 g/mol. The summed E-state index contributed by atoms with van der Waals surface area (Å²) in [4.78, 5) is 11.3. The van der Waals surface area contributed by atoms with Crippen LogP contribution in [0.1, 0.15) is 12.8 Å². The van der Waals surface area contributed by atoms with Gasteiger partial charge in [0.15, 0.2) is 0 Å². The molecule has 1 saturated heterocycles. The van der Waals surface area contributed by atoms with Crippen LogP contribution >= 0.6 is 12.6 Å². The molecule has 0 radical (unpaired) electrons. The van der Waals surface area contributed by atoms with Crippen molar-refractivity contribution in [1.82, 2.24) is 0 Å². The third-order valence-electron chi connectivity index (χ3n) is 3.78. The van der Waals surface area contributed by atoms with Crippen molar-refractivity contribution in [2.75, 3.05) is 12.4 Å². The van der Waals surface area contributed by atoms with E-state index in [1.807, 2.05) is 0 Å². The van der Waals surface area contributed by atoms with E-state index in [-0.39, 0.29) is 24.1 Å². The average molecular weight is 214 g/mol. The van der Waals surface area contributed by atoms with Gasteiger partial charge in [0, 0.05) is 12.5 Å². The molecule has 0 amide bonds. The van der Waals surface area contributed by atoms with Crippen molar-refractivity contribution in [3.05, 3.63) is 0 Å². The molecule has 2 saturated carbocycles. The van der Waals surface area contributed by atoms with E-state index in [0.717, 1.165) is 25.2 Å². The highest BCUT2D eigenvalue weighted by molar-refractivity contribution is 7.80. The summed E-state index contributed by atoms with van der Waals surface area (Å²) >= 11 is 4.13. The molecule has 0 aromatic heterocycles. The number of hydrogen-bond acceptors (Lipinski definition) is 4. The van der Waals surface area contributed by atoms with Crippen LogP contribution in [0.25, 0.3) is 0 Å². The SMILES string of the molecule is O=C1OC2C3C1CC3[C@@H]2OCCCS. The van der Waals surface area contributed by atoms with Gasteiger partial charge in [-0.25, -0.2) is 0 Å². The van der Waals surface area contributed by atoms with Gasteiger partial charge < -0.3 is 9.47 Å². The second-order valence-corrected chi connectivity index (χ2v) is 4.84.